The molecule has 0 aromatic rings. The fraction of sp³-hybridized carbons (Fsp3) is 0.893. The number of aliphatic hydroxyl groups is 2. The Balaban J connectivity index is 1.43. The van der Waals surface area contributed by atoms with Crippen LogP contribution in [0.2, 0.25) is 0 Å². The van der Waals surface area contributed by atoms with Crippen molar-refractivity contribution in [1.29, 1.82) is 0 Å². The van der Waals surface area contributed by atoms with Crippen LogP contribution in [0.15, 0.2) is 11.1 Å². The van der Waals surface area contributed by atoms with Crippen molar-refractivity contribution in [3.05, 3.63) is 11.1 Å². The summed E-state index contributed by atoms with van der Waals surface area (Å²) in [4.78, 5) is 14.2. The summed E-state index contributed by atoms with van der Waals surface area (Å²) in [6, 6.07) is 0. The highest BCUT2D eigenvalue weighted by Gasteiger charge is 2.76. The lowest BCUT2D eigenvalue weighted by Crippen LogP contribution is -2.56. The van der Waals surface area contributed by atoms with Crippen molar-refractivity contribution in [2.45, 2.75) is 117 Å². The van der Waals surface area contributed by atoms with Crippen molar-refractivity contribution < 1.29 is 19.7 Å². The first-order valence-electron chi connectivity index (χ1n) is 13.3. The van der Waals surface area contributed by atoms with Gasteiger partial charge >= 0.3 is 0 Å². The Morgan fingerprint density at radius 3 is 2.50 bits per heavy atom. The number of epoxide rings is 1. The lowest BCUT2D eigenvalue weighted by atomic mass is 9.50. The van der Waals surface area contributed by atoms with E-state index in [1.54, 1.807) is 0 Å². The Kier molecular flexibility index (Phi) is 5.33. The van der Waals surface area contributed by atoms with E-state index in [2.05, 4.69) is 41.5 Å². The second kappa shape index (κ2) is 7.39. The van der Waals surface area contributed by atoms with E-state index in [0.717, 1.165) is 37.7 Å². The molecular weight excluding hydrogens is 400 g/mol. The molecule has 3 fully saturated rings. The quantitative estimate of drug-likeness (QED) is 0.595. The minimum absolute atomic E-state index is 0.206. The predicted molar refractivity (Wildman–Crippen MR) is 125 cm³/mol. The van der Waals surface area contributed by atoms with Crippen LogP contribution in [-0.2, 0) is 9.53 Å². The Hall–Kier alpha value is -0.710. The molecule has 0 aromatic carbocycles. The average molecular weight is 445 g/mol. The van der Waals surface area contributed by atoms with E-state index < -0.39 is 11.7 Å². The number of Topliss-reactive ketones (excluding diaryl/α,β-unsaturated/α-hetero) is 1. The van der Waals surface area contributed by atoms with E-state index in [4.69, 9.17) is 4.74 Å². The summed E-state index contributed by atoms with van der Waals surface area (Å²) in [5.41, 5.74) is 0.786. The van der Waals surface area contributed by atoms with Gasteiger partial charge in [0.15, 0.2) is 5.78 Å². The molecule has 4 heteroatoms. The number of aliphatic hydroxyl groups excluding tert-OH is 2. The lowest BCUT2D eigenvalue weighted by Gasteiger charge is -2.52. The van der Waals surface area contributed by atoms with E-state index in [-0.39, 0.29) is 28.8 Å². The SMILES string of the molecule is CC(C)[C@@H](C)CC1CC[C@@H]([C@@]2(C)CCC3=C(C2=O)[C@@H](O)[C@@H]2O[C@@]24C[C@@H](O)CC[C@]34C)[C@@H]1C. The number of hydrogen-bond acceptors (Lipinski definition) is 4. The third-order valence-electron chi connectivity index (χ3n) is 11.3. The normalized spacial score (nSPS) is 51.3. The van der Waals surface area contributed by atoms with Crippen LogP contribution < -0.4 is 0 Å². The monoisotopic (exact) mass is 444 g/mol. The van der Waals surface area contributed by atoms with Crippen molar-refractivity contribution in [2.24, 2.45) is 40.4 Å². The van der Waals surface area contributed by atoms with Gasteiger partial charge in [-0.15, -0.1) is 0 Å². The van der Waals surface area contributed by atoms with Gasteiger partial charge in [-0.2, -0.15) is 0 Å². The van der Waals surface area contributed by atoms with Crippen molar-refractivity contribution in [3.63, 3.8) is 0 Å². The number of fused-ring (bicyclic) bond motifs is 1. The van der Waals surface area contributed by atoms with Gasteiger partial charge in [0, 0.05) is 22.8 Å². The van der Waals surface area contributed by atoms with Crippen LogP contribution in [0.25, 0.3) is 0 Å². The number of rotatable bonds is 4. The predicted octanol–water partition coefficient (Wildman–Crippen LogP) is 5.06. The van der Waals surface area contributed by atoms with Gasteiger partial charge in [-0.1, -0.05) is 47.1 Å². The van der Waals surface area contributed by atoms with E-state index in [1.165, 1.54) is 12.8 Å². The molecule has 4 aliphatic carbocycles. The van der Waals surface area contributed by atoms with Crippen molar-refractivity contribution in [3.8, 4) is 0 Å². The number of carbonyl (C=O) groups is 1. The Morgan fingerprint density at radius 2 is 1.81 bits per heavy atom. The van der Waals surface area contributed by atoms with Crippen molar-refractivity contribution in [2.75, 3.05) is 0 Å². The molecule has 5 aliphatic rings. The molecule has 1 saturated heterocycles. The molecular formula is C28H44O4. The van der Waals surface area contributed by atoms with E-state index in [0.29, 0.717) is 41.6 Å². The van der Waals surface area contributed by atoms with E-state index >= 15 is 0 Å². The van der Waals surface area contributed by atoms with Gasteiger partial charge < -0.3 is 14.9 Å². The molecule has 4 nitrogen and oxygen atoms in total. The van der Waals surface area contributed by atoms with Crippen molar-refractivity contribution >= 4 is 5.78 Å². The highest BCUT2D eigenvalue weighted by Crippen LogP contribution is 2.69. The summed E-state index contributed by atoms with van der Waals surface area (Å²) in [7, 11) is 0. The van der Waals surface area contributed by atoms with Gasteiger partial charge in [-0.25, -0.2) is 0 Å². The third-order valence-corrected chi connectivity index (χ3v) is 11.3. The molecule has 1 spiro atoms. The second-order valence-electron chi connectivity index (χ2n) is 13.0. The van der Waals surface area contributed by atoms with Crippen LogP contribution in [0, 0.1) is 40.4 Å². The summed E-state index contributed by atoms with van der Waals surface area (Å²) in [6.45, 7) is 13.8. The van der Waals surface area contributed by atoms with E-state index in [9.17, 15) is 15.0 Å². The minimum atomic E-state index is -0.830. The Morgan fingerprint density at radius 1 is 1.09 bits per heavy atom. The van der Waals surface area contributed by atoms with E-state index in [1.807, 2.05) is 0 Å². The fourth-order valence-corrected chi connectivity index (χ4v) is 8.57. The summed E-state index contributed by atoms with van der Waals surface area (Å²) >= 11 is 0. The molecule has 2 N–H and O–H groups in total. The molecule has 0 radical (unpaired) electrons. The van der Waals surface area contributed by atoms with Crippen LogP contribution in [0.4, 0.5) is 0 Å². The maximum absolute atomic E-state index is 14.2. The zero-order valence-corrected chi connectivity index (χ0v) is 21.0. The molecule has 1 unspecified atom stereocenters. The Labute approximate surface area is 194 Å². The standard InChI is InChI=1S/C28H44O4/c1-15(2)16(3)13-18-7-8-20(17(18)4)26(5)11-10-21-22(24(26)31)23(30)25-28(32-25)14-19(29)9-12-27(21,28)6/h15-20,23,25,29-30H,7-14H2,1-6H3/t16-,17+,18?,19-,20+,23+,25-,26+,27+,28-/m0/s1. The lowest BCUT2D eigenvalue weighted by molar-refractivity contribution is -0.131. The topological polar surface area (TPSA) is 70.1 Å². The summed E-state index contributed by atoms with van der Waals surface area (Å²) < 4.78 is 6.19. The second-order valence-corrected chi connectivity index (χ2v) is 13.0. The first-order chi connectivity index (χ1) is 15.0. The number of carbonyl (C=O) groups excluding carboxylic acids is 1. The van der Waals surface area contributed by atoms with Gasteiger partial charge in [-0.3, -0.25) is 4.79 Å². The maximum atomic E-state index is 14.2. The van der Waals surface area contributed by atoms with Gasteiger partial charge in [0.1, 0.15) is 17.8 Å². The number of ketones is 1. The Bertz CT molecular complexity index is 831. The highest BCUT2D eigenvalue weighted by molar-refractivity contribution is 6.03. The minimum Gasteiger partial charge on any atom is -0.393 e. The van der Waals surface area contributed by atoms with Crippen LogP contribution >= 0.6 is 0 Å². The van der Waals surface area contributed by atoms with Gasteiger partial charge in [0.05, 0.1) is 6.10 Å². The molecule has 1 aliphatic heterocycles. The van der Waals surface area contributed by atoms with Crippen LogP contribution in [0.5, 0.6) is 0 Å². The van der Waals surface area contributed by atoms with Crippen LogP contribution in [0.3, 0.4) is 0 Å². The molecule has 1 heterocycles. The third kappa shape index (κ3) is 2.94. The molecule has 2 saturated carbocycles. The molecule has 180 valence electrons. The maximum Gasteiger partial charge on any atom is 0.167 e. The fourth-order valence-electron chi connectivity index (χ4n) is 8.57. The van der Waals surface area contributed by atoms with Crippen LogP contribution in [0.1, 0.15) is 92.9 Å². The van der Waals surface area contributed by atoms with Crippen LogP contribution in [-0.4, -0.2) is 39.9 Å². The van der Waals surface area contributed by atoms with Gasteiger partial charge in [-0.05, 0) is 74.5 Å². The molecule has 0 bridgehead atoms. The summed E-state index contributed by atoms with van der Waals surface area (Å²) in [5.74, 6) is 3.26. The zero-order valence-electron chi connectivity index (χ0n) is 21.0. The number of ether oxygens (including phenoxy) is 1. The zero-order chi connectivity index (χ0) is 23.2. The number of hydrogen-bond donors (Lipinski definition) is 2. The molecule has 0 amide bonds. The average Bonchev–Trinajstić information content (AvgIpc) is 3.35. The summed E-state index contributed by atoms with van der Waals surface area (Å²) in [5, 5.41) is 21.6. The highest BCUT2D eigenvalue weighted by atomic mass is 16.6. The summed E-state index contributed by atoms with van der Waals surface area (Å²) in [6.07, 6.45) is 6.05. The van der Waals surface area contributed by atoms with Crippen molar-refractivity contribution in [1.82, 2.24) is 0 Å². The smallest absolute Gasteiger partial charge is 0.167 e. The molecule has 32 heavy (non-hydrogen) atoms. The largest absolute Gasteiger partial charge is 0.393 e. The van der Waals surface area contributed by atoms with Gasteiger partial charge in [0.2, 0.25) is 0 Å². The first kappa shape index (κ1) is 23.1. The molecule has 10 atom stereocenters. The first-order valence-corrected chi connectivity index (χ1v) is 13.3. The molecule has 5 rings (SSSR count). The molecule has 0 aromatic heterocycles. The van der Waals surface area contributed by atoms with Gasteiger partial charge in [0.25, 0.3) is 0 Å².